The minimum absolute atomic E-state index is 0.184. The van der Waals surface area contributed by atoms with Crippen LogP contribution in [0, 0.1) is 6.92 Å². The third-order valence-corrected chi connectivity index (χ3v) is 7.43. The van der Waals surface area contributed by atoms with Gasteiger partial charge in [-0.2, -0.15) is 0 Å². The number of pyridine rings is 1. The summed E-state index contributed by atoms with van der Waals surface area (Å²) in [7, 11) is -3.51. The normalized spacial score (nSPS) is 11.3. The summed E-state index contributed by atoms with van der Waals surface area (Å²) in [6.07, 6.45) is 2.83. The molecule has 0 saturated heterocycles. The molecule has 2 N–H and O–H groups in total. The van der Waals surface area contributed by atoms with Crippen LogP contribution < -0.4 is 15.4 Å². The standard InChI is InChI=1S/C27H30N5O5P/c1-4-36-38(34,37-5-2)17-26(33)31-21-9-11-24-23(15-21)27(30-18-29-24)32-20-10-12-25(19(3)14-20)35-16-22-8-6-7-13-28-22/h6-15,18H,4-5,16-17H2,1-3H3,(H,31,33)(H,29,30,32). The number of anilines is 3. The first-order chi connectivity index (χ1) is 18.4. The molecule has 0 fully saturated rings. The van der Waals surface area contributed by atoms with E-state index in [1.807, 2.05) is 43.3 Å². The quantitative estimate of drug-likeness (QED) is 0.215. The van der Waals surface area contributed by atoms with Crippen molar-refractivity contribution in [3.8, 4) is 5.75 Å². The van der Waals surface area contributed by atoms with Crippen LogP contribution in [0.2, 0.25) is 0 Å². The summed E-state index contributed by atoms with van der Waals surface area (Å²) in [6.45, 7) is 6.11. The van der Waals surface area contributed by atoms with Crippen LogP contribution in [0.25, 0.3) is 10.9 Å². The first-order valence-electron chi connectivity index (χ1n) is 12.2. The molecule has 0 unspecified atom stereocenters. The fraction of sp³-hybridized carbons (Fsp3) is 0.259. The Hall–Kier alpha value is -3.85. The Morgan fingerprint density at radius 1 is 0.947 bits per heavy atom. The number of nitrogens with one attached hydrogen (secondary N) is 2. The van der Waals surface area contributed by atoms with Gasteiger partial charge >= 0.3 is 7.60 Å². The van der Waals surface area contributed by atoms with Gasteiger partial charge in [-0.25, -0.2) is 9.97 Å². The molecule has 11 heteroatoms. The second kappa shape index (κ2) is 12.6. The van der Waals surface area contributed by atoms with Crippen LogP contribution in [-0.4, -0.2) is 40.2 Å². The van der Waals surface area contributed by atoms with Crippen molar-refractivity contribution in [2.24, 2.45) is 0 Å². The molecule has 4 aromatic rings. The molecule has 10 nitrogen and oxygen atoms in total. The summed E-state index contributed by atoms with van der Waals surface area (Å²) in [5.41, 5.74) is 3.82. The van der Waals surface area contributed by atoms with Gasteiger partial charge in [-0.05, 0) is 74.9 Å². The second-order valence-electron chi connectivity index (χ2n) is 8.32. The van der Waals surface area contributed by atoms with Gasteiger partial charge in [0, 0.05) is 23.0 Å². The van der Waals surface area contributed by atoms with Crippen molar-refractivity contribution in [3.05, 3.63) is 78.4 Å². The molecule has 38 heavy (non-hydrogen) atoms. The molecule has 0 saturated carbocycles. The summed E-state index contributed by atoms with van der Waals surface area (Å²) >= 11 is 0. The van der Waals surface area contributed by atoms with E-state index in [0.29, 0.717) is 29.0 Å². The monoisotopic (exact) mass is 535 g/mol. The highest BCUT2D eigenvalue weighted by molar-refractivity contribution is 7.54. The number of fused-ring (bicyclic) bond motifs is 1. The molecule has 1 amide bonds. The highest BCUT2D eigenvalue weighted by Crippen LogP contribution is 2.47. The van der Waals surface area contributed by atoms with E-state index in [0.717, 1.165) is 22.7 Å². The summed E-state index contributed by atoms with van der Waals surface area (Å²) in [5.74, 6) is 0.856. The molecule has 4 rings (SSSR count). The Morgan fingerprint density at radius 3 is 2.45 bits per heavy atom. The van der Waals surface area contributed by atoms with E-state index in [1.165, 1.54) is 6.33 Å². The summed E-state index contributed by atoms with van der Waals surface area (Å²) < 4.78 is 29.1. The summed E-state index contributed by atoms with van der Waals surface area (Å²) in [6, 6.07) is 16.7. The van der Waals surface area contributed by atoms with E-state index < -0.39 is 13.5 Å². The molecule has 198 valence electrons. The number of hydrogen-bond donors (Lipinski definition) is 2. The van der Waals surface area contributed by atoms with Crippen molar-refractivity contribution in [1.29, 1.82) is 0 Å². The lowest BCUT2D eigenvalue weighted by Gasteiger charge is -2.16. The molecule has 0 spiro atoms. The molecule has 0 aliphatic carbocycles. The number of amides is 1. The number of carbonyl (C=O) groups excluding carboxylic acids is 1. The zero-order valence-electron chi connectivity index (χ0n) is 21.5. The van der Waals surface area contributed by atoms with Crippen LogP contribution >= 0.6 is 7.60 Å². The fourth-order valence-corrected chi connectivity index (χ4v) is 5.27. The molecule has 2 aromatic carbocycles. The van der Waals surface area contributed by atoms with Crippen LogP contribution in [0.1, 0.15) is 25.1 Å². The van der Waals surface area contributed by atoms with Crippen molar-refractivity contribution >= 4 is 41.6 Å². The van der Waals surface area contributed by atoms with Crippen LogP contribution in [0.5, 0.6) is 5.75 Å². The van der Waals surface area contributed by atoms with E-state index in [9.17, 15) is 9.36 Å². The highest BCUT2D eigenvalue weighted by atomic mass is 31.2. The number of hydrogen-bond acceptors (Lipinski definition) is 9. The minimum Gasteiger partial charge on any atom is -0.487 e. The van der Waals surface area contributed by atoms with E-state index >= 15 is 0 Å². The van der Waals surface area contributed by atoms with Crippen molar-refractivity contribution in [1.82, 2.24) is 15.0 Å². The fourth-order valence-electron chi connectivity index (χ4n) is 3.79. The molecule has 0 atom stereocenters. The van der Waals surface area contributed by atoms with Crippen LogP contribution in [0.3, 0.4) is 0 Å². The van der Waals surface area contributed by atoms with Gasteiger partial charge in [0.1, 0.15) is 30.7 Å². The first kappa shape index (κ1) is 27.2. The predicted octanol–water partition coefficient (Wildman–Crippen LogP) is 5.86. The highest BCUT2D eigenvalue weighted by Gasteiger charge is 2.27. The van der Waals surface area contributed by atoms with Gasteiger partial charge in [-0.15, -0.1) is 0 Å². The van der Waals surface area contributed by atoms with Crippen molar-refractivity contribution in [2.75, 3.05) is 30.0 Å². The molecule has 2 aromatic heterocycles. The Labute approximate surface area is 221 Å². The van der Waals surface area contributed by atoms with E-state index in [2.05, 4.69) is 25.6 Å². The molecular weight excluding hydrogens is 505 g/mol. The average molecular weight is 536 g/mol. The molecule has 0 bridgehead atoms. The zero-order chi connectivity index (χ0) is 27.0. The van der Waals surface area contributed by atoms with Gasteiger partial charge in [0.2, 0.25) is 5.91 Å². The van der Waals surface area contributed by atoms with Gasteiger partial charge in [0.25, 0.3) is 0 Å². The Morgan fingerprint density at radius 2 is 1.74 bits per heavy atom. The number of rotatable bonds is 12. The number of aryl methyl sites for hydroxylation is 1. The number of benzene rings is 2. The molecule has 0 aliphatic rings. The van der Waals surface area contributed by atoms with Crippen molar-refractivity contribution in [2.45, 2.75) is 27.4 Å². The lowest BCUT2D eigenvalue weighted by Crippen LogP contribution is -2.18. The SMILES string of the molecule is CCOP(=O)(CC(=O)Nc1ccc2ncnc(Nc3ccc(OCc4ccccn4)c(C)c3)c2c1)OCC. The van der Waals surface area contributed by atoms with Gasteiger partial charge in [0.15, 0.2) is 0 Å². The van der Waals surface area contributed by atoms with Gasteiger partial charge in [-0.1, -0.05) is 6.07 Å². The average Bonchev–Trinajstić information content (AvgIpc) is 2.89. The molecular formula is C27H30N5O5P. The first-order valence-corrected chi connectivity index (χ1v) is 13.9. The topological polar surface area (TPSA) is 125 Å². The van der Waals surface area contributed by atoms with Gasteiger partial charge in [0.05, 0.1) is 24.4 Å². The molecule has 2 heterocycles. The Kier molecular flexibility index (Phi) is 9.02. The number of ether oxygens (including phenoxy) is 1. The number of aromatic nitrogens is 3. The number of carbonyl (C=O) groups is 1. The third-order valence-electron chi connectivity index (χ3n) is 5.45. The van der Waals surface area contributed by atoms with E-state index in [1.54, 1.807) is 38.2 Å². The maximum atomic E-state index is 12.7. The van der Waals surface area contributed by atoms with E-state index in [-0.39, 0.29) is 19.4 Å². The van der Waals surface area contributed by atoms with Crippen LogP contribution in [-0.2, 0) is 25.0 Å². The second-order valence-corrected chi connectivity index (χ2v) is 10.4. The maximum absolute atomic E-state index is 12.7. The summed E-state index contributed by atoms with van der Waals surface area (Å²) in [5, 5.41) is 6.80. The molecule has 0 aliphatic heterocycles. The maximum Gasteiger partial charge on any atom is 0.340 e. The smallest absolute Gasteiger partial charge is 0.340 e. The van der Waals surface area contributed by atoms with Gasteiger partial charge in [-0.3, -0.25) is 14.3 Å². The third kappa shape index (κ3) is 7.13. The van der Waals surface area contributed by atoms with Gasteiger partial charge < -0.3 is 24.4 Å². The van der Waals surface area contributed by atoms with Crippen molar-refractivity contribution in [3.63, 3.8) is 0 Å². The zero-order valence-corrected chi connectivity index (χ0v) is 22.4. The van der Waals surface area contributed by atoms with Crippen molar-refractivity contribution < 1.29 is 23.1 Å². The van der Waals surface area contributed by atoms with E-state index in [4.69, 9.17) is 13.8 Å². The lowest BCUT2D eigenvalue weighted by atomic mass is 10.1. The number of nitrogens with zero attached hydrogens (tertiary/aromatic N) is 3. The minimum atomic E-state index is -3.51. The van der Waals surface area contributed by atoms with Crippen LogP contribution in [0.15, 0.2) is 67.1 Å². The summed E-state index contributed by atoms with van der Waals surface area (Å²) in [4.78, 5) is 25.6. The Balaban J connectivity index is 1.48. The Bertz CT molecular complexity index is 1440. The lowest BCUT2D eigenvalue weighted by molar-refractivity contribution is -0.114. The van der Waals surface area contributed by atoms with Crippen LogP contribution in [0.4, 0.5) is 17.2 Å². The largest absolute Gasteiger partial charge is 0.487 e. The predicted molar refractivity (Wildman–Crippen MR) is 147 cm³/mol. The molecule has 0 radical (unpaired) electrons.